The lowest BCUT2D eigenvalue weighted by Gasteiger charge is -2.36. The van der Waals surface area contributed by atoms with Crippen LogP contribution in [0.1, 0.15) is 17.5 Å². The standard InChI is InChI=1S/C25H24Cl2N4O2/c1-17-6-9-19(10-7-17)28-24(32)29-20-4-2-5-21(15-20)31-13-3-12-30(25(31)33)16-18-8-11-22(26)23(27)14-18/h2,4-11,14-15H,3,12-13,16H2,1H3,(H2,28,29,32). The molecule has 33 heavy (non-hydrogen) atoms. The van der Waals surface area contributed by atoms with Gasteiger partial charge in [-0.3, -0.25) is 4.90 Å². The van der Waals surface area contributed by atoms with Crippen LogP contribution in [0.4, 0.5) is 26.7 Å². The molecule has 1 aliphatic heterocycles. The number of benzene rings is 3. The van der Waals surface area contributed by atoms with E-state index in [-0.39, 0.29) is 12.1 Å². The first-order valence-electron chi connectivity index (χ1n) is 10.6. The highest BCUT2D eigenvalue weighted by Crippen LogP contribution is 2.27. The average Bonchev–Trinajstić information content (AvgIpc) is 2.79. The molecule has 0 saturated carbocycles. The Labute approximate surface area is 203 Å². The van der Waals surface area contributed by atoms with Gasteiger partial charge in [0.1, 0.15) is 0 Å². The predicted molar refractivity (Wildman–Crippen MR) is 134 cm³/mol. The molecule has 2 N–H and O–H groups in total. The van der Waals surface area contributed by atoms with E-state index in [4.69, 9.17) is 23.2 Å². The van der Waals surface area contributed by atoms with E-state index in [1.165, 1.54) is 0 Å². The summed E-state index contributed by atoms with van der Waals surface area (Å²) < 4.78 is 0. The number of anilines is 3. The monoisotopic (exact) mass is 482 g/mol. The van der Waals surface area contributed by atoms with Crippen molar-refractivity contribution in [3.05, 3.63) is 87.9 Å². The number of rotatable bonds is 5. The third-order valence-electron chi connectivity index (χ3n) is 5.39. The van der Waals surface area contributed by atoms with Crippen LogP contribution in [0.5, 0.6) is 0 Å². The molecule has 0 bridgehead atoms. The Morgan fingerprint density at radius 1 is 0.909 bits per heavy atom. The van der Waals surface area contributed by atoms with Gasteiger partial charge in [0, 0.05) is 36.7 Å². The zero-order valence-corrected chi connectivity index (χ0v) is 19.7. The maximum Gasteiger partial charge on any atom is 0.324 e. The minimum absolute atomic E-state index is 0.0893. The van der Waals surface area contributed by atoms with Crippen LogP contribution in [0.15, 0.2) is 66.7 Å². The molecule has 4 amide bonds. The Kier molecular flexibility index (Phi) is 7.06. The first-order valence-corrected chi connectivity index (χ1v) is 11.4. The average molecular weight is 483 g/mol. The first kappa shape index (κ1) is 23.0. The van der Waals surface area contributed by atoms with Crippen molar-refractivity contribution < 1.29 is 9.59 Å². The molecular weight excluding hydrogens is 459 g/mol. The Bertz CT molecular complexity index is 1170. The molecule has 0 unspecified atom stereocenters. The van der Waals surface area contributed by atoms with E-state index in [0.717, 1.165) is 23.2 Å². The number of carbonyl (C=O) groups is 2. The van der Waals surface area contributed by atoms with Crippen LogP contribution >= 0.6 is 23.2 Å². The molecule has 1 heterocycles. The Balaban J connectivity index is 1.43. The number of aryl methyl sites for hydroxylation is 1. The number of amides is 4. The second-order valence-electron chi connectivity index (χ2n) is 7.95. The Morgan fingerprint density at radius 3 is 2.42 bits per heavy atom. The molecule has 0 radical (unpaired) electrons. The van der Waals surface area contributed by atoms with Crippen LogP contribution in [0.25, 0.3) is 0 Å². The summed E-state index contributed by atoms with van der Waals surface area (Å²) in [5, 5.41) is 6.60. The SMILES string of the molecule is Cc1ccc(NC(=O)Nc2cccc(N3CCCN(Cc4ccc(Cl)c(Cl)c4)C3=O)c2)cc1. The maximum absolute atomic E-state index is 13.2. The van der Waals surface area contributed by atoms with Crippen molar-refractivity contribution in [3.8, 4) is 0 Å². The van der Waals surface area contributed by atoms with Crippen LogP contribution in [0.3, 0.4) is 0 Å². The highest BCUT2D eigenvalue weighted by Gasteiger charge is 2.27. The van der Waals surface area contributed by atoms with Crippen LogP contribution in [0, 0.1) is 6.92 Å². The van der Waals surface area contributed by atoms with Crippen LogP contribution in [0.2, 0.25) is 10.0 Å². The van der Waals surface area contributed by atoms with Gasteiger partial charge in [-0.2, -0.15) is 0 Å². The normalized spacial score (nSPS) is 13.7. The van der Waals surface area contributed by atoms with E-state index in [2.05, 4.69) is 10.6 Å². The van der Waals surface area contributed by atoms with Crippen molar-refractivity contribution in [3.63, 3.8) is 0 Å². The number of nitrogens with zero attached hydrogens (tertiary/aromatic N) is 2. The van der Waals surface area contributed by atoms with Crippen LogP contribution < -0.4 is 15.5 Å². The van der Waals surface area contributed by atoms with Crippen LogP contribution in [-0.2, 0) is 6.54 Å². The lowest BCUT2D eigenvalue weighted by Crippen LogP contribution is -2.49. The third kappa shape index (κ3) is 5.78. The molecule has 3 aromatic rings. The second-order valence-corrected chi connectivity index (χ2v) is 8.77. The van der Waals surface area contributed by atoms with Gasteiger partial charge in [0.15, 0.2) is 0 Å². The third-order valence-corrected chi connectivity index (χ3v) is 6.13. The molecule has 0 spiro atoms. The zero-order valence-electron chi connectivity index (χ0n) is 18.1. The van der Waals surface area contributed by atoms with Gasteiger partial charge in [0.2, 0.25) is 0 Å². The largest absolute Gasteiger partial charge is 0.324 e. The quantitative estimate of drug-likeness (QED) is 0.420. The maximum atomic E-state index is 13.2. The topological polar surface area (TPSA) is 64.7 Å². The fraction of sp³-hybridized carbons (Fsp3) is 0.200. The number of carbonyl (C=O) groups excluding carboxylic acids is 2. The van der Waals surface area contributed by atoms with E-state index >= 15 is 0 Å². The molecule has 3 aromatic carbocycles. The summed E-state index contributed by atoms with van der Waals surface area (Å²) in [6.45, 7) is 3.70. The van der Waals surface area contributed by atoms with Gasteiger partial charge >= 0.3 is 12.1 Å². The summed E-state index contributed by atoms with van der Waals surface area (Å²) >= 11 is 12.1. The summed E-state index contributed by atoms with van der Waals surface area (Å²) in [6.07, 6.45) is 0.832. The van der Waals surface area contributed by atoms with E-state index in [1.54, 1.807) is 34.1 Å². The minimum Gasteiger partial charge on any atom is -0.320 e. The molecule has 170 valence electrons. The second kappa shape index (κ2) is 10.1. The van der Waals surface area contributed by atoms with Gasteiger partial charge in [-0.1, -0.05) is 53.0 Å². The molecule has 4 rings (SSSR count). The summed E-state index contributed by atoms with van der Waals surface area (Å²) in [5.74, 6) is 0. The molecule has 1 aliphatic rings. The van der Waals surface area contributed by atoms with Crippen molar-refractivity contribution in [1.29, 1.82) is 0 Å². The summed E-state index contributed by atoms with van der Waals surface area (Å²) in [7, 11) is 0. The van der Waals surface area contributed by atoms with Gasteiger partial charge in [-0.25, -0.2) is 9.59 Å². The lowest BCUT2D eigenvalue weighted by atomic mass is 10.1. The molecule has 0 atom stereocenters. The lowest BCUT2D eigenvalue weighted by molar-refractivity contribution is 0.192. The van der Waals surface area contributed by atoms with Gasteiger partial charge in [-0.15, -0.1) is 0 Å². The predicted octanol–water partition coefficient (Wildman–Crippen LogP) is 6.78. The van der Waals surface area contributed by atoms with Gasteiger partial charge in [0.05, 0.1) is 10.0 Å². The first-order chi connectivity index (χ1) is 15.9. The highest BCUT2D eigenvalue weighted by atomic mass is 35.5. The molecular formula is C25H24Cl2N4O2. The number of hydrogen-bond acceptors (Lipinski definition) is 2. The number of nitrogens with one attached hydrogen (secondary N) is 2. The van der Waals surface area contributed by atoms with Crippen molar-refractivity contribution in [2.24, 2.45) is 0 Å². The minimum atomic E-state index is -0.345. The summed E-state index contributed by atoms with van der Waals surface area (Å²) in [5.41, 5.74) is 4.08. The van der Waals surface area contributed by atoms with E-state index < -0.39 is 0 Å². The van der Waals surface area contributed by atoms with E-state index in [9.17, 15) is 9.59 Å². The van der Waals surface area contributed by atoms with Crippen LogP contribution in [-0.4, -0.2) is 30.1 Å². The van der Waals surface area contributed by atoms with E-state index in [1.807, 2.05) is 49.4 Å². The Morgan fingerprint density at radius 2 is 1.67 bits per heavy atom. The summed E-state index contributed by atoms with van der Waals surface area (Å²) in [4.78, 5) is 29.1. The fourth-order valence-corrected chi connectivity index (χ4v) is 4.03. The number of urea groups is 2. The van der Waals surface area contributed by atoms with Crippen molar-refractivity contribution in [1.82, 2.24) is 4.90 Å². The molecule has 0 aromatic heterocycles. The van der Waals surface area contributed by atoms with Crippen molar-refractivity contribution in [2.45, 2.75) is 19.9 Å². The number of hydrogen-bond donors (Lipinski definition) is 2. The molecule has 6 nitrogen and oxygen atoms in total. The van der Waals surface area contributed by atoms with Gasteiger partial charge in [0.25, 0.3) is 0 Å². The molecule has 0 aliphatic carbocycles. The molecule has 8 heteroatoms. The molecule has 1 saturated heterocycles. The molecule has 1 fully saturated rings. The Hall–Kier alpha value is -3.22. The van der Waals surface area contributed by atoms with Crippen molar-refractivity contribution in [2.75, 3.05) is 28.6 Å². The zero-order chi connectivity index (χ0) is 23.4. The summed E-state index contributed by atoms with van der Waals surface area (Å²) in [6, 6.07) is 19.8. The van der Waals surface area contributed by atoms with E-state index in [0.29, 0.717) is 41.1 Å². The highest BCUT2D eigenvalue weighted by molar-refractivity contribution is 6.42. The smallest absolute Gasteiger partial charge is 0.320 e. The fourth-order valence-electron chi connectivity index (χ4n) is 3.71. The van der Waals surface area contributed by atoms with Crippen molar-refractivity contribution >= 4 is 52.3 Å². The number of halogens is 2. The van der Waals surface area contributed by atoms with Gasteiger partial charge < -0.3 is 15.5 Å². The van der Waals surface area contributed by atoms with Gasteiger partial charge in [-0.05, 0) is 61.4 Å².